The van der Waals surface area contributed by atoms with Crippen molar-refractivity contribution in [2.75, 3.05) is 5.73 Å². The number of anilines is 1. The number of halogens is 2. The van der Waals surface area contributed by atoms with Crippen LogP contribution in [0.4, 0.5) is 10.1 Å². The van der Waals surface area contributed by atoms with Crippen LogP contribution >= 0.6 is 27.7 Å². The number of rotatable bonds is 5. The maximum atomic E-state index is 13.4. The van der Waals surface area contributed by atoms with Crippen molar-refractivity contribution in [1.82, 2.24) is 0 Å². The van der Waals surface area contributed by atoms with Crippen LogP contribution in [0.2, 0.25) is 0 Å². The standard InChI is InChI=1S/C15H21BrFNO2S/c1-5-6-12(14(19)20-15(2,3)4)21-13-8-11(18)10(17)7-9(13)16/h7-8,12H,5-6,18H2,1-4H3. The fraction of sp³-hybridized carbons (Fsp3) is 0.533. The Bertz CT molecular complexity index is 517. The van der Waals surface area contributed by atoms with Gasteiger partial charge in [0.2, 0.25) is 0 Å². The minimum Gasteiger partial charge on any atom is -0.459 e. The average Bonchev–Trinajstić information content (AvgIpc) is 2.33. The summed E-state index contributed by atoms with van der Waals surface area (Å²) in [6.45, 7) is 7.52. The Morgan fingerprint density at radius 3 is 2.62 bits per heavy atom. The molecule has 0 aliphatic carbocycles. The zero-order chi connectivity index (χ0) is 16.2. The van der Waals surface area contributed by atoms with Crippen LogP contribution in [0.5, 0.6) is 0 Å². The molecule has 0 saturated heterocycles. The van der Waals surface area contributed by atoms with Crippen LogP contribution in [-0.2, 0) is 9.53 Å². The quantitative estimate of drug-likeness (QED) is 0.456. The first-order valence-corrected chi connectivity index (χ1v) is 8.45. The largest absolute Gasteiger partial charge is 0.459 e. The number of hydrogen-bond donors (Lipinski definition) is 1. The molecular formula is C15H21BrFNO2S. The maximum absolute atomic E-state index is 13.4. The first kappa shape index (κ1) is 18.3. The van der Waals surface area contributed by atoms with Crippen molar-refractivity contribution in [2.24, 2.45) is 0 Å². The van der Waals surface area contributed by atoms with Crippen LogP contribution in [0.1, 0.15) is 40.5 Å². The van der Waals surface area contributed by atoms with Gasteiger partial charge < -0.3 is 10.5 Å². The molecule has 0 fully saturated rings. The lowest BCUT2D eigenvalue weighted by Crippen LogP contribution is -2.30. The topological polar surface area (TPSA) is 52.3 Å². The molecule has 0 heterocycles. The Morgan fingerprint density at radius 1 is 1.48 bits per heavy atom. The number of ether oxygens (including phenoxy) is 1. The molecule has 0 aliphatic rings. The van der Waals surface area contributed by atoms with E-state index in [2.05, 4.69) is 15.9 Å². The average molecular weight is 378 g/mol. The number of carbonyl (C=O) groups is 1. The second kappa shape index (κ2) is 7.49. The van der Waals surface area contributed by atoms with E-state index in [1.54, 1.807) is 0 Å². The van der Waals surface area contributed by atoms with Gasteiger partial charge >= 0.3 is 5.97 Å². The number of carbonyl (C=O) groups excluding carboxylic acids is 1. The van der Waals surface area contributed by atoms with Crippen LogP contribution in [0, 0.1) is 5.82 Å². The summed E-state index contributed by atoms with van der Waals surface area (Å²) in [6.07, 6.45) is 1.54. The van der Waals surface area contributed by atoms with Crippen molar-refractivity contribution in [3.8, 4) is 0 Å². The molecule has 0 aromatic heterocycles. The van der Waals surface area contributed by atoms with Gasteiger partial charge in [0.25, 0.3) is 0 Å². The highest BCUT2D eigenvalue weighted by Crippen LogP contribution is 2.36. The molecule has 1 rings (SSSR count). The molecule has 3 nitrogen and oxygen atoms in total. The summed E-state index contributed by atoms with van der Waals surface area (Å²) in [6, 6.07) is 2.85. The molecular weight excluding hydrogens is 357 g/mol. The summed E-state index contributed by atoms with van der Waals surface area (Å²) in [5.41, 5.74) is 5.14. The molecule has 118 valence electrons. The molecule has 0 aliphatic heterocycles. The summed E-state index contributed by atoms with van der Waals surface area (Å²) in [5.74, 6) is -0.736. The van der Waals surface area contributed by atoms with E-state index in [1.807, 2.05) is 27.7 Å². The number of nitrogens with two attached hydrogens (primary N) is 1. The first-order chi connectivity index (χ1) is 9.64. The van der Waals surface area contributed by atoms with Crippen LogP contribution < -0.4 is 5.73 Å². The van der Waals surface area contributed by atoms with Crippen molar-refractivity contribution >= 4 is 39.3 Å². The molecule has 1 atom stereocenters. The zero-order valence-electron chi connectivity index (χ0n) is 12.7. The van der Waals surface area contributed by atoms with E-state index in [0.717, 1.165) is 11.3 Å². The van der Waals surface area contributed by atoms with Gasteiger partial charge in [-0.15, -0.1) is 11.8 Å². The Balaban J connectivity index is 2.93. The fourth-order valence-electron chi connectivity index (χ4n) is 1.64. The number of nitrogen functional groups attached to an aromatic ring is 1. The van der Waals surface area contributed by atoms with E-state index in [-0.39, 0.29) is 16.9 Å². The van der Waals surface area contributed by atoms with Crippen molar-refractivity contribution in [3.63, 3.8) is 0 Å². The lowest BCUT2D eigenvalue weighted by atomic mass is 10.2. The molecule has 0 radical (unpaired) electrons. The Morgan fingerprint density at radius 2 is 2.10 bits per heavy atom. The van der Waals surface area contributed by atoms with E-state index in [1.165, 1.54) is 23.9 Å². The van der Waals surface area contributed by atoms with Crippen LogP contribution in [0.3, 0.4) is 0 Å². The van der Waals surface area contributed by atoms with Gasteiger partial charge in [-0.2, -0.15) is 0 Å². The van der Waals surface area contributed by atoms with E-state index in [9.17, 15) is 9.18 Å². The Kier molecular flexibility index (Phi) is 6.53. The summed E-state index contributed by atoms with van der Waals surface area (Å²) < 4.78 is 19.4. The second-order valence-electron chi connectivity index (χ2n) is 5.73. The monoisotopic (exact) mass is 377 g/mol. The zero-order valence-corrected chi connectivity index (χ0v) is 15.1. The molecule has 6 heteroatoms. The van der Waals surface area contributed by atoms with Gasteiger partial charge in [-0.25, -0.2) is 4.39 Å². The van der Waals surface area contributed by atoms with Gasteiger partial charge in [-0.1, -0.05) is 13.3 Å². The lowest BCUT2D eigenvalue weighted by molar-refractivity contribution is -0.154. The van der Waals surface area contributed by atoms with E-state index >= 15 is 0 Å². The molecule has 21 heavy (non-hydrogen) atoms. The predicted molar refractivity (Wildman–Crippen MR) is 88.9 cm³/mol. The Labute approximate surface area is 137 Å². The number of hydrogen-bond acceptors (Lipinski definition) is 4. The highest BCUT2D eigenvalue weighted by Gasteiger charge is 2.26. The molecule has 0 bridgehead atoms. The normalized spacial score (nSPS) is 13.0. The molecule has 1 unspecified atom stereocenters. The van der Waals surface area contributed by atoms with Gasteiger partial charge in [0.1, 0.15) is 16.7 Å². The minimum absolute atomic E-state index is 0.0696. The Hall–Kier alpha value is -0.750. The molecule has 0 amide bonds. The van der Waals surface area contributed by atoms with E-state index in [0.29, 0.717) is 10.9 Å². The van der Waals surface area contributed by atoms with Gasteiger partial charge in [0.15, 0.2) is 0 Å². The van der Waals surface area contributed by atoms with Crippen LogP contribution in [-0.4, -0.2) is 16.8 Å². The smallest absolute Gasteiger partial charge is 0.319 e. The number of benzene rings is 1. The third-order valence-electron chi connectivity index (χ3n) is 2.54. The molecule has 1 aromatic carbocycles. The lowest BCUT2D eigenvalue weighted by Gasteiger charge is -2.24. The van der Waals surface area contributed by atoms with Crippen molar-refractivity contribution in [1.29, 1.82) is 0 Å². The minimum atomic E-state index is -0.525. The summed E-state index contributed by atoms with van der Waals surface area (Å²) >= 11 is 4.65. The summed E-state index contributed by atoms with van der Waals surface area (Å²) in [4.78, 5) is 13.0. The molecule has 1 aromatic rings. The molecule has 2 N–H and O–H groups in total. The van der Waals surface area contributed by atoms with Gasteiger partial charge in [-0.05, 0) is 55.3 Å². The second-order valence-corrected chi connectivity index (χ2v) is 7.83. The van der Waals surface area contributed by atoms with Crippen LogP contribution in [0.15, 0.2) is 21.5 Å². The predicted octanol–water partition coefficient (Wildman–Crippen LogP) is 4.77. The molecule has 0 spiro atoms. The van der Waals surface area contributed by atoms with E-state index in [4.69, 9.17) is 10.5 Å². The van der Waals surface area contributed by atoms with Crippen molar-refractivity contribution in [3.05, 3.63) is 22.4 Å². The fourth-order valence-corrected chi connectivity index (χ4v) is 3.41. The van der Waals surface area contributed by atoms with Gasteiger partial charge in [-0.3, -0.25) is 4.79 Å². The third kappa shape index (κ3) is 5.87. The highest BCUT2D eigenvalue weighted by molar-refractivity contribution is 9.10. The first-order valence-electron chi connectivity index (χ1n) is 6.78. The maximum Gasteiger partial charge on any atom is 0.319 e. The number of thioether (sulfide) groups is 1. The van der Waals surface area contributed by atoms with Crippen LogP contribution in [0.25, 0.3) is 0 Å². The van der Waals surface area contributed by atoms with Crippen molar-refractivity contribution < 1.29 is 13.9 Å². The van der Waals surface area contributed by atoms with Gasteiger partial charge in [0, 0.05) is 9.37 Å². The SMILES string of the molecule is CCCC(Sc1cc(N)c(F)cc1Br)C(=O)OC(C)(C)C. The summed E-state index contributed by atoms with van der Waals surface area (Å²) in [5, 5.41) is -0.338. The third-order valence-corrected chi connectivity index (χ3v) is 4.76. The van der Waals surface area contributed by atoms with Crippen molar-refractivity contribution in [2.45, 2.75) is 56.3 Å². The molecule has 0 saturated carbocycles. The van der Waals surface area contributed by atoms with E-state index < -0.39 is 11.4 Å². The highest BCUT2D eigenvalue weighted by atomic mass is 79.9. The summed E-state index contributed by atoms with van der Waals surface area (Å²) in [7, 11) is 0. The number of esters is 1. The van der Waals surface area contributed by atoms with Gasteiger partial charge in [0.05, 0.1) is 5.69 Å².